The van der Waals surface area contributed by atoms with Crippen molar-refractivity contribution in [2.45, 2.75) is 77.0 Å². The molecule has 19 heavy (non-hydrogen) atoms. The highest BCUT2D eigenvalue weighted by molar-refractivity contribution is 5.81. The van der Waals surface area contributed by atoms with Crippen LogP contribution in [0.3, 0.4) is 0 Å². The SMILES string of the molecule is CCC(C)NC(=O)C(C)NC1CCN2CCCCC12. The number of nitrogens with zero attached hydrogens (tertiary/aromatic N) is 1. The van der Waals surface area contributed by atoms with E-state index in [9.17, 15) is 4.79 Å². The van der Waals surface area contributed by atoms with Gasteiger partial charge in [0.1, 0.15) is 0 Å². The molecule has 0 bridgehead atoms. The quantitative estimate of drug-likeness (QED) is 0.793. The Kier molecular flexibility index (Phi) is 5.22. The number of piperidine rings is 1. The smallest absolute Gasteiger partial charge is 0.237 e. The highest BCUT2D eigenvalue weighted by Crippen LogP contribution is 2.27. The zero-order chi connectivity index (χ0) is 13.8. The van der Waals surface area contributed by atoms with Gasteiger partial charge in [0.05, 0.1) is 6.04 Å². The summed E-state index contributed by atoms with van der Waals surface area (Å²) in [6, 6.07) is 1.35. The van der Waals surface area contributed by atoms with Crippen molar-refractivity contribution in [2.24, 2.45) is 0 Å². The Morgan fingerprint density at radius 3 is 2.79 bits per heavy atom. The van der Waals surface area contributed by atoms with E-state index in [2.05, 4.69) is 29.4 Å². The van der Waals surface area contributed by atoms with E-state index in [1.165, 1.54) is 38.8 Å². The average molecular weight is 267 g/mol. The van der Waals surface area contributed by atoms with E-state index in [1.54, 1.807) is 0 Å². The van der Waals surface area contributed by atoms with Crippen LogP contribution >= 0.6 is 0 Å². The van der Waals surface area contributed by atoms with E-state index in [1.807, 2.05) is 6.92 Å². The molecule has 2 saturated heterocycles. The molecule has 4 heteroatoms. The van der Waals surface area contributed by atoms with E-state index in [-0.39, 0.29) is 18.0 Å². The first-order valence-electron chi connectivity index (χ1n) is 7.92. The number of carbonyl (C=O) groups excluding carboxylic acids is 1. The summed E-state index contributed by atoms with van der Waals surface area (Å²) >= 11 is 0. The lowest BCUT2D eigenvalue weighted by Crippen LogP contribution is -2.52. The second-order valence-electron chi connectivity index (χ2n) is 6.20. The van der Waals surface area contributed by atoms with Gasteiger partial charge < -0.3 is 10.6 Å². The van der Waals surface area contributed by atoms with Gasteiger partial charge in [0.15, 0.2) is 0 Å². The topological polar surface area (TPSA) is 44.4 Å². The molecule has 0 aromatic heterocycles. The van der Waals surface area contributed by atoms with Crippen molar-refractivity contribution in [2.75, 3.05) is 13.1 Å². The highest BCUT2D eigenvalue weighted by atomic mass is 16.2. The van der Waals surface area contributed by atoms with Crippen molar-refractivity contribution in [3.63, 3.8) is 0 Å². The second-order valence-corrected chi connectivity index (χ2v) is 6.20. The van der Waals surface area contributed by atoms with Crippen molar-refractivity contribution >= 4 is 5.91 Å². The first-order valence-corrected chi connectivity index (χ1v) is 7.92. The van der Waals surface area contributed by atoms with Gasteiger partial charge in [-0.05, 0) is 46.1 Å². The second kappa shape index (κ2) is 6.71. The Balaban J connectivity index is 1.81. The third-order valence-corrected chi connectivity index (χ3v) is 4.71. The molecule has 4 nitrogen and oxygen atoms in total. The lowest BCUT2D eigenvalue weighted by Gasteiger charge is -2.33. The van der Waals surface area contributed by atoms with Crippen LogP contribution in [0.2, 0.25) is 0 Å². The standard InChI is InChI=1S/C15H29N3O/c1-4-11(2)16-15(19)12(3)17-13-8-10-18-9-6-5-7-14(13)18/h11-14,17H,4-10H2,1-3H3,(H,16,19). The van der Waals surface area contributed by atoms with E-state index < -0.39 is 0 Å². The lowest BCUT2D eigenvalue weighted by molar-refractivity contribution is -0.123. The summed E-state index contributed by atoms with van der Waals surface area (Å²) in [6.07, 6.45) is 6.14. The maximum absolute atomic E-state index is 12.1. The molecule has 2 heterocycles. The van der Waals surface area contributed by atoms with Crippen LogP contribution in [0.25, 0.3) is 0 Å². The zero-order valence-electron chi connectivity index (χ0n) is 12.6. The number of hydrogen-bond acceptors (Lipinski definition) is 3. The predicted molar refractivity (Wildman–Crippen MR) is 78.1 cm³/mol. The summed E-state index contributed by atoms with van der Waals surface area (Å²) in [4.78, 5) is 14.7. The Bertz CT molecular complexity index is 308. The van der Waals surface area contributed by atoms with E-state index in [0.29, 0.717) is 12.1 Å². The number of amides is 1. The minimum absolute atomic E-state index is 0.0825. The van der Waals surface area contributed by atoms with Gasteiger partial charge in [-0.15, -0.1) is 0 Å². The molecule has 4 atom stereocenters. The molecule has 2 rings (SSSR count). The molecule has 4 unspecified atom stereocenters. The Labute approximate surface area is 117 Å². The molecule has 2 aliphatic rings. The summed E-state index contributed by atoms with van der Waals surface area (Å²) in [5.74, 6) is 0.142. The van der Waals surface area contributed by atoms with Crippen LogP contribution in [0.15, 0.2) is 0 Å². The molecule has 2 fully saturated rings. The minimum Gasteiger partial charge on any atom is -0.352 e. The van der Waals surface area contributed by atoms with Crippen molar-refractivity contribution < 1.29 is 4.79 Å². The summed E-state index contributed by atoms with van der Waals surface area (Å²) in [6.45, 7) is 8.59. The molecule has 0 radical (unpaired) electrons. The molecular weight excluding hydrogens is 238 g/mol. The van der Waals surface area contributed by atoms with Crippen LogP contribution in [0, 0.1) is 0 Å². The van der Waals surface area contributed by atoms with E-state index in [0.717, 1.165) is 6.42 Å². The van der Waals surface area contributed by atoms with Gasteiger partial charge >= 0.3 is 0 Å². The lowest BCUT2D eigenvalue weighted by atomic mass is 9.98. The molecule has 2 N–H and O–H groups in total. The highest BCUT2D eigenvalue weighted by Gasteiger charge is 2.36. The molecular formula is C15H29N3O. The van der Waals surface area contributed by atoms with Gasteiger partial charge in [-0.1, -0.05) is 13.3 Å². The summed E-state index contributed by atoms with van der Waals surface area (Å²) < 4.78 is 0. The van der Waals surface area contributed by atoms with Gasteiger partial charge in [-0.2, -0.15) is 0 Å². The molecule has 110 valence electrons. The van der Waals surface area contributed by atoms with E-state index in [4.69, 9.17) is 0 Å². The van der Waals surface area contributed by atoms with Crippen molar-refractivity contribution in [3.8, 4) is 0 Å². The maximum Gasteiger partial charge on any atom is 0.237 e. The van der Waals surface area contributed by atoms with Crippen LogP contribution in [0.1, 0.15) is 52.9 Å². The van der Waals surface area contributed by atoms with Gasteiger partial charge in [-0.3, -0.25) is 9.69 Å². The Morgan fingerprint density at radius 1 is 1.26 bits per heavy atom. The van der Waals surface area contributed by atoms with Gasteiger partial charge in [0, 0.05) is 24.7 Å². The van der Waals surface area contributed by atoms with Gasteiger partial charge in [0.25, 0.3) is 0 Å². The predicted octanol–water partition coefficient (Wildman–Crippen LogP) is 1.51. The summed E-state index contributed by atoms with van der Waals surface area (Å²) in [7, 11) is 0. The fourth-order valence-corrected chi connectivity index (χ4v) is 3.31. The van der Waals surface area contributed by atoms with Gasteiger partial charge in [0.2, 0.25) is 5.91 Å². The van der Waals surface area contributed by atoms with Gasteiger partial charge in [-0.25, -0.2) is 0 Å². The zero-order valence-corrected chi connectivity index (χ0v) is 12.6. The van der Waals surface area contributed by atoms with Crippen LogP contribution in [-0.4, -0.2) is 48.1 Å². The number of nitrogens with one attached hydrogen (secondary N) is 2. The molecule has 1 amide bonds. The molecule has 0 aromatic carbocycles. The van der Waals surface area contributed by atoms with Crippen molar-refractivity contribution in [3.05, 3.63) is 0 Å². The number of rotatable bonds is 5. The fourth-order valence-electron chi connectivity index (χ4n) is 3.31. The summed E-state index contributed by atoms with van der Waals surface area (Å²) in [5, 5.41) is 6.61. The Morgan fingerprint density at radius 2 is 2.05 bits per heavy atom. The molecule has 2 aliphatic heterocycles. The molecule has 0 aliphatic carbocycles. The first-order chi connectivity index (χ1) is 9.11. The Hall–Kier alpha value is -0.610. The minimum atomic E-state index is -0.0825. The average Bonchev–Trinajstić information content (AvgIpc) is 2.82. The van der Waals surface area contributed by atoms with Crippen LogP contribution in [-0.2, 0) is 4.79 Å². The third-order valence-electron chi connectivity index (χ3n) is 4.71. The molecule has 0 spiro atoms. The summed E-state index contributed by atoms with van der Waals surface area (Å²) in [5.41, 5.74) is 0. The monoisotopic (exact) mass is 267 g/mol. The number of carbonyl (C=O) groups is 1. The van der Waals surface area contributed by atoms with Crippen LogP contribution in [0.5, 0.6) is 0 Å². The van der Waals surface area contributed by atoms with Crippen molar-refractivity contribution in [1.29, 1.82) is 0 Å². The normalized spacial score (nSPS) is 30.7. The van der Waals surface area contributed by atoms with Crippen molar-refractivity contribution in [1.82, 2.24) is 15.5 Å². The first kappa shape index (κ1) is 14.8. The van der Waals surface area contributed by atoms with Crippen LogP contribution < -0.4 is 10.6 Å². The molecule has 0 saturated carbocycles. The maximum atomic E-state index is 12.1. The third kappa shape index (κ3) is 3.69. The fraction of sp³-hybridized carbons (Fsp3) is 0.933. The van der Waals surface area contributed by atoms with Crippen LogP contribution in [0.4, 0.5) is 0 Å². The largest absolute Gasteiger partial charge is 0.352 e. The van der Waals surface area contributed by atoms with E-state index >= 15 is 0 Å². The number of fused-ring (bicyclic) bond motifs is 1. The molecule has 0 aromatic rings. The number of hydrogen-bond donors (Lipinski definition) is 2.